The smallest absolute Gasteiger partial charge is 0.269 e. The Morgan fingerprint density at radius 1 is 1.08 bits per heavy atom. The van der Waals surface area contributed by atoms with E-state index >= 15 is 0 Å². The zero-order valence-electron chi connectivity index (χ0n) is 13.3. The van der Waals surface area contributed by atoms with Gasteiger partial charge < -0.3 is 10.5 Å². The summed E-state index contributed by atoms with van der Waals surface area (Å²) < 4.78 is 63.0. The number of nitrogen functional groups attached to an aromatic ring is 1. The summed E-state index contributed by atoms with van der Waals surface area (Å²) in [4.78, 5) is -0.0211. The quantitative estimate of drug-likeness (QED) is 0.488. The molecule has 0 aromatic heterocycles. The van der Waals surface area contributed by atoms with Gasteiger partial charge in [0.1, 0.15) is 11.5 Å². The highest BCUT2D eigenvalue weighted by Gasteiger charge is 2.16. The molecule has 0 aliphatic heterocycles. The average molecular weight is 386 g/mol. The molecule has 0 spiro atoms. The SMILES string of the molecule is CCOc1cc(S(=O)(=O)Nc2ccc(CS(=O)(=O)O)cc2)ccc1N. The highest BCUT2D eigenvalue weighted by Crippen LogP contribution is 2.26. The van der Waals surface area contributed by atoms with Crippen molar-refractivity contribution in [3.63, 3.8) is 0 Å². The Hall–Kier alpha value is -2.30. The standard InChI is InChI=1S/C15H18N2O6S2/c1-2-23-15-9-13(7-8-14(15)16)25(21,22)17-12-5-3-11(4-6-12)10-24(18,19)20/h3-9,17H,2,10,16H2,1H3,(H,18,19,20). The number of rotatable bonds is 7. The summed E-state index contributed by atoms with van der Waals surface area (Å²) in [7, 11) is -8.02. The van der Waals surface area contributed by atoms with Crippen molar-refractivity contribution in [1.29, 1.82) is 0 Å². The van der Waals surface area contributed by atoms with Gasteiger partial charge in [-0.1, -0.05) is 12.1 Å². The largest absolute Gasteiger partial charge is 0.492 e. The van der Waals surface area contributed by atoms with Gasteiger partial charge in [0, 0.05) is 11.8 Å². The fourth-order valence-corrected chi connectivity index (χ4v) is 3.74. The second-order valence-electron chi connectivity index (χ2n) is 5.16. The van der Waals surface area contributed by atoms with Crippen LogP contribution >= 0.6 is 0 Å². The van der Waals surface area contributed by atoms with Crippen molar-refractivity contribution >= 4 is 31.5 Å². The predicted molar refractivity (Wildman–Crippen MR) is 94.5 cm³/mol. The maximum absolute atomic E-state index is 12.4. The van der Waals surface area contributed by atoms with Gasteiger partial charge in [-0.25, -0.2) is 8.42 Å². The number of nitrogens with one attached hydrogen (secondary N) is 1. The average Bonchev–Trinajstić information content (AvgIpc) is 2.50. The van der Waals surface area contributed by atoms with Crippen molar-refractivity contribution in [2.24, 2.45) is 0 Å². The zero-order chi connectivity index (χ0) is 18.7. The molecule has 2 aromatic carbocycles. The Morgan fingerprint density at radius 2 is 1.72 bits per heavy atom. The van der Waals surface area contributed by atoms with Crippen LogP contribution in [0.25, 0.3) is 0 Å². The second-order valence-corrected chi connectivity index (χ2v) is 8.30. The molecule has 0 bridgehead atoms. The molecule has 0 fully saturated rings. The summed E-state index contributed by atoms with van der Waals surface area (Å²) in [5.41, 5.74) is 6.63. The maximum Gasteiger partial charge on any atom is 0.269 e. The first-order valence-electron chi connectivity index (χ1n) is 7.20. The van der Waals surface area contributed by atoms with Crippen LogP contribution in [-0.2, 0) is 25.9 Å². The van der Waals surface area contributed by atoms with Crippen LogP contribution in [0.3, 0.4) is 0 Å². The molecule has 0 heterocycles. The lowest BCUT2D eigenvalue weighted by Crippen LogP contribution is -2.13. The first kappa shape index (κ1) is 19.0. The summed E-state index contributed by atoms with van der Waals surface area (Å²) >= 11 is 0. The zero-order valence-corrected chi connectivity index (χ0v) is 15.0. The number of nitrogens with two attached hydrogens (primary N) is 1. The Bertz CT molecular complexity index is 954. The van der Waals surface area contributed by atoms with Gasteiger partial charge in [0.25, 0.3) is 20.1 Å². The van der Waals surface area contributed by atoms with Crippen LogP contribution < -0.4 is 15.2 Å². The van der Waals surface area contributed by atoms with E-state index in [1.165, 1.54) is 42.5 Å². The summed E-state index contributed by atoms with van der Waals surface area (Å²) in [5.74, 6) is -0.274. The van der Waals surface area contributed by atoms with E-state index in [2.05, 4.69) is 4.72 Å². The lowest BCUT2D eigenvalue weighted by molar-refractivity contribution is 0.341. The van der Waals surface area contributed by atoms with Crippen LogP contribution in [0.15, 0.2) is 47.4 Å². The van der Waals surface area contributed by atoms with Crippen LogP contribution in [0.2, 0.25) is 0 Å². The number of benzene rings is 2. The van der Waals surface area contributed by atoms with Crippen LogP contribution in [0.5, 0.6) is 5.75 Å². The molecule has 0 amide bonds. The predicted octanol–water partition coefficient (Wildman–Crippen LogP) is 1.86. The number of hydrogen-bond donors (Lipinski definition) is 3. The Kier molecular flexibility index (Phi) is 5.55. The van der Waals surface area contributed by atoms with Crippen molar-refractivity contribution in [2.75, 3.05) is 17.1 Å². The molecule has 2 rings (SSSR count). The molecule has 0 aliphatic carbocycles. The van der Waals surface area contributed by atoms with Crippen molar-refractivity contribution in [2.45, 2.75) is 17.6 Å². The van der Waals surface area contributed by atoms with Gasteiger partial charge in [0.05, 0.1) is 17.2 Å². The fourth-order valence-electron chi connectivity index (χ4n) is 2.06. The minimum absolute atomic E-state index is 0.0211. The van der Waals surface area contributed by atoms with Crippen molar-refractivity contribution < 1.29 is 26.1 Å². The summed E-state index contributed by atoms with van der Waals surface area (Å²) in [6.07, 6.45) is 0. The van der Waals surface area contributed by atoms with Crippen molar-refractivity contribution in [1.82, 2.24) is 0 Å². The third kappa shape index (κ3) is 5.34. The molecule has 0 saturated carbocycles. The van der Waals surface area contributed by atoms with E-state index in [9.17, 15) is 16.8 Å². The van der Waals surface area contributed by atoms with Gasteiger partial charge in [-0.3, -0.25) is 9.27 Å². The monoisotopic (exact) mass is 386 g/mol. The maximum atomic E-state index is 12.4. The highest BCUT2D eigenvalue weighted by molar-refractivity contribution is 7.92. The van der Waals surface area contributed by atoms with Gasteiger partial charge in [0.2, 0.25) is 0 Å². The van der Waals surface area contributed by atoms with E-state index < -0.39 is 25.9 Å². The summed E-state index contributed by atoms with van der Waals surface area (Å²) in [5, 5.41) is 0. The molecular weight excluding hydrogens is 368 g/mol. The van der Waals surface area contributed by atoms with Gasteiger partial charge >= 0.3 is 0 Å². The van der Waals surface area contributed by atoms with E-state index in [1.807, 2.05) is 0 Å². The van der Waals surface area contributed by atoms with Crippen LogP contribution in [-0.4, -0.2) is 28.0 Å². The molecule has 0 radical (unpaired) electrons. The first-order valence-corrected chi connectivity index (χ1v) is 10.3. The van der Waals surface area contributed by atoms with Crippen LogP contribution in [0, 0.1) is 0 Å². The van der Waals surface area contributed by atoms with Gasteiger partial charge in [-0.15, -0.1) is 0 Å². The summed E-state index contributed by atoms with van der Waals surface area (Å²) in [6.45, 7) is 2.10. The van der Waals surface area contributed by atoms with E-state index in [1.54, 1.807) is 6.92 Å². The minimum Gasteiger partial charge on any atom is -0.492 e. The Morgan fingerprint density at radius 3 is 2.28 bits per heavy atom. The highest BCUT2D eigenvalue weighted by atomic mass is 32.2. The molecule has 0 unspecified atom stereocenters. The first-order chi connectivity index (χ1) is 11.6. The number of ether oxygens (including phenoxy) is 1. The van der Waals surface area contributed by atoms with Crippen molar-refractivity contribution in [3.05, 3.63) is 48.0 Å². The third-order valence-electron chi connectivity index (χ3n) is 3.15. The van der Waals surface area contributed by atoms with Gasteiger partial charge in [-0.05, 0) is 36.8 Å². The lowest BCUT2D eigenvalue weighted by Gasteiger charge is -2.12. The van der Waals surface area contributed by atoms with E-state index in [4.69, 9.17) is 15.0 Å². The van der Waals surface area contributed by atoms with Gasteiger partial charge in [0.15, 0.2) is 0 Å². The Labute approximate surface area is 146 Å². The number of sulfonamides is 1. The molecular formula is C15H18N2O6S2. The molecule has 0 aliphatic rings. The topological polar surface area (TPSA) is 136 Å². The molecule has 0 atom stereocenters. The molecule has 8 nitrogen and oxygen atoms in total. The minimum atomic E-state index is -4.15. The van der Waals surface area contributed by atoms with Crippen LogP contribution in [0.4, 0.5) is 11.4 Å². The van der Waals surface area contributed by atoms with E-state index in [0.717, 1.165) is 0 Å². The molecule has 136 valence electrons. The lowest BCUT2D eigenvalue weighted by atomic mass is 10.2. The Balaban J connectivity index is 2.22. The van der Waals surface area contributed by atoms with E-state index in [0.29, 0.717) is 17.9 Å². The van der Waals surface area contributed by atoms with Crippen molar-refractivity contribution in [3.8, 4) is 5.75 Å². The van der Waals surface area contributed by atoms with E-state index in [-0.39, 0.29) is 16.3 Å². The molecule has 25 heavy (non-hydrogen) atoms. The number of hydrogen-bond acceptors (Lipinski definition) is 6. The molecule has 10 heteroatoms. The van der Waals surface area contributed by atoms with Gasteiger partial charge in [-0.2, -0.15) is 8.42 Å². The molecule has 4 N–H and O–H groups in total. The number of anilines is 2. The molecule has 0 saturated heterocycles. The van der Waals surface area contributed by atoms with Crippen LogP contribution in [0.1, 0.15) is 12.5 Å². The second kappa shape index (κ2) is 7.30. The fraction of sp³-hybridized carbons (Fsp3) is 0.200. The normalized spacial score (nSPS) is 11.9. The molecule has 2 aromatic rings. The third-order valence-corrected chi connectivity index (χ3v) is 5.23. The summed E-state index contributed by atoms with van der Waals surface area (Å²) in [6, 6.07) is 9.73.